The Hall–Kier alpha value is -1.58. The highest BCUT2D eigenvalue weighted by Crippen LogP contribution is 2.17. The molecule has 18 heavy (non-hydrogen) atoms. The quantitative estimate of drug-likeness (QED) is 0.859. The Kier molecular flexibility index (Phi) is 4.18. The first-order valence-corrected chi connectivity index (χ1v) is 6.48. The molecule has 4 heteroatoms. The van der Waals surface area contributed by atoms with E-state index in [-0.39, 0.29) is 17.9 Å². The standard InChI is InChI=1S/C14H19FN2O/c1-11(12-7-3-4-8-13(12)15)16-14(18)17-9-5-2-6-10-17/h3-4,7-8,11H,2,5-6,9-10H2,1H3,(H,16,18). The smallest absolute Gasteiger partial charge is 0.317 e. The summed E-state index contributed by atoms with van der Waals surface area (Å²) in [7, 11) is 0. The van der Waals surface area contributed by atoms with Crippen LogP contribution in [-0.4, -0.2) is 24.0 Å². The number of rotatable bonds is 2. The van der Waals surface area contributed by atoms with Gasteiger partial charge in [0.25, 0.3) is 0 Å². The fourth-order valence-corrected chi connectivity index (χ4v) is 2.28. The number of nitrogens with zero attached hydrogens (tertiary/aromatic N) is 1. The Morgan fingerprint density at radius 1 is 1.28 bits per heavy atom. The molecule has 1 aliphatic rings. The zero-order chi connectivity index (χ0) is 13.0. The molecular weight excluding hydrogens is 231 g/mol. The summed E-state index contributed by atoms with van der Waals surface area (Å²) in [6.07, 6.45) is 3.30. The summed E-state index contributed by atoms with van der Waals surface area (Å²) in [6.45, 7) is 3.41. The van der Waals surface area contributed by atoms with Crippen molar-refractivity contribution in [3.8, 4) is 0 Å². The maximum Gasteiger partial charge on any atom is 0.317 e. The molecule has 0 radical (unpaired) electrons. The molecule has 1 unspecified atom stereocenters. The van der Waals surface area contributed by atoms with Crippen molar-refractivity contribution in [1.29, 1.82) is 0 Å². The molecule has 98 valence electrons. The lowest BCUT2D eigenvalue weighted by Crippen LogP contribution is -2.43. The number of carbonyl (C=O) groups excluding carboxylic acids is 1. The number of piperidine rings is 1. The molecule has 1 atom stereocenters. The molecule has 1 heterocycles. The van der Waals surface area contributed by atoms with Gasteiger partial charge in [-0.1, -0.05) is 18.2 Å². The highest BCUT2D eigenvalue weighted by Gasteiger charge is 2.19. The summed E-state index contributed by atoms with van der Waals surface area (Å²) in [6, 6.07) is 6.15. The number of likely N-dealkylation sites (tertiary alicyclic amines) is 1. The van der Waals surface area contributed by atoms with Crippen molar-refractivity contribution in [2.24, 2.45) is 0 Å². The van der Waals surface area contributed by atoms with Gasteiger partial charge in [0.1, 0.15) is 5.82 Å². The molecule has 1 saturated heterocycles. The highest BCUT2D eigenvalue weighted by atomic mass is 19.1. The average Bonchev–Trinajstić information content (AvgIpc) is 2.40. The average molecular weight is 250 g/mol. The van der Waals surface area contributed by atoms with Crippen LogP contribution in [0.4, 0.5) is 9.18 Å². The second-order valence-corrected chi connectivity index (χ2v) is 4.74. The molecule has 0 aliphatic carbocycles. The zero-order valence-electron chi connectivity index (χ0n) is 10.7. The molecule has 1 N–H and O–H groups in total. The van der Waals surface area contributed by atoms with Gasteiger partial charge in [-0.3, -0.25) is 0 Å². The molecule has 0 aromatic heterocycles. The third-order valence-corrected chi connectivity index (χ3v) is 3.35. The van der Waals surface area contributed by atoms with Gasteiger partial charge in [-0.15, -0.1) is 0 Å². The maximum absolute atomic E-state index is 13.6. The van der Waals surface area contributed by atoms with E-state index in [1.807, 2.05) is 0 Å². The van der Waals surface area contributed by atoms with Crippen LogP contribution in [0.15, 0.2) is 24.3 Å². The minimum atomic E-state index is -0.305. The highest BCUT2D eigenvalue weighted by molar-refractivity contribution is 5.74. The zero-order valence-corrected chi connectivity index (χ0v) is 10.7. The number of nitrogens with one attached hydrogen (secondary N) is 1. The van der Waals surface area contributed by atoms with Gasteiger partial charge in [0.05, 0.1) is 6.04 Å². The van der Waals surface area contributed by atoms with E-state index < -0.39 is 0 Å². The molecule has 2 rings (SSSR count). The third kappa shape index (κ3) is 3.00. The van der Waals surface area contributed by atoms with Gasteiger partial charge in [-0.05, 0) is 32.3 Å². The number of carbonyl (C=O) groups is 1. The fourth-order valence-electron chi connectivity index (χ4n) is 2.28. The van der Waals surface area contributed by atoms with E-state index >= 15 is 0 Å². The molecule has 0 spiro atoms. The van der Waals surface area contributed by atoms with E-state index in [1.54, 1.807) is 30.0 Å². The number of hydrogen-bond donors (Lipinski definition) is 1. The van der Waals surface area contributed by atoms with Crippen LogP contribution < -0.4 is 5.32 Å². The summed E-state index contributed by atoms with van der Waals surface area (Å²) in [5.74, 6) is -0.274. The van der Waals surface area contributed by atoms with Gasteiger partial charge in [0.2, 0.25) is 0 Å². The van der Waals surface area contributed by atoms with Gasteiger partial charge in [0, 0.05) is 18.7 Å². The lowest BCUT2D eigenvalue weighted by atomic mass is 10.1. The Morgan fingerprint density at radius 2 is 1.94 bits per heavy atom. The predicted octanol–water partition coefficient (Wildman–Crippen LogP) is 3.08. The summed E-state index contributed by atoms with van der Waals surface area (Å²) in [5.41, 5.74) is 0.530. The Balaban J connectivity index is 1.96. The van der Waals surface area contributed by atoms with Gasteiger partial charge in [-0.2, -0.15) is 0 Å². The van der Waals surface area contributed by atoms with E-state index in [4.69, 9.17) is 0 Å². The Morgan fingerprint density at radius 3 is 2.61 bits per heavy atom. The summed E-state index contributed by atoms with van der Waals surface area (Å²) in [4.78, 5) is 13.8. The van der Waals surface area contributed by atoms with Crippen molar-refractivity contribution >= 4 is 6.03 Å². The lowest BCUT2D eigenvalue weighted by molar-refractivity contribution is 0.183. The number of halogens is 1. The van der Waals surface area contributed by atoms with E-state index in [0.717, 1.165) is 25.9 Å². The number of hydrogen-bond acceptors (Lipinski definition) is 1. The number of benzene rings is 1. The van der Waals surface area contributed by atoms with Crippen LogP contribution in [-0.2, 0) is 0 Å². The first-order valence-electron chi connectivity index (χ1n) is 6.48. The molecule has 0 bridgehead atoms. The Labute approximate surface area is 107 Å². The first kappa shape index (κ1) is 12.9. The van der Waals surface area contributed by atoms with Crippen molar-refractivity contribution in [2.45, 2.75) is 32.2 Å². The summed E-state index contributed by atoms with van der Waals surface area (Å²) in [5, 5.41) is 2.85. The van der Waals surface area contributed by atoms with E-state index in [9.17, 15) is 9.18 Å². The molecule has 1 aromatic rings. The van der Waals surface area contributed by atoms with Crippen LogP contribution in [0.2, 0.25) is 0 Å². The minimum absolute atomic E-state index is 0.0922. The van der Waals surface area contributed by atoms with Crippen molar-refractivity contribution in [3.05, 3.63) is 35.6 Å². The maximum atomic E-state index is 13.6. The van der Waals surface area contributed by atoms with Gasteiger partial charge in [0.15, 0.2) is 0 Å². The van der Waals surface area contributed by atoms with E-state index in [1.165, 1.54) is 12.5 Å². The van der Waals surface area contributed by atoms with Crippen LogP contribution in [0.5, 0.6) is 0 Å². The second kappa shape index (κ2) is 5.85. The monoisotopic (exact) mass is 250 g/mol. The minimum Gasteiger partial charge on any atom is -0.331 e. The fraction of sp³-hybridized carbons (Fsp3) is 0.500. The molecule has 2 amide bonds. The molecule has 1 aliphatic heterocycles. The Bertz CT molecular complexity index is 416. The topological polar surface area (TPSA) is 32.3 Å². The van der Waals surface area contributed by atoms with Crippen molar-refractivity contribution in [3.63, 3.8) is 0 Å². The largest absolute Gasteiger partial charge is 0.331 e. The molecule has 1 aromatic carbocycles. The van der Waals surface area contributed by atoms with Crippen LogP contribution in [0.3, 0.4) is 0 Å². The van der Waals surface area contributed by atoms with Crippen molar-refractivity contribution < 1.29 is 9.18 Å². The normalized spacial score (nSPS) is 17.3. The molecule has 1 fully saturated rings. The van der Waals surface area contributed by atoms with Crippen LogP contribution in [0.1, 0.15) is 37.8 Å². The SMILES string of the molecule is CC(NC(=O)N1CCCCC1)c1ccccc1F. The summed E-state index contributed by atoms with van der Waals surface area (Å²) < 4.78 is 13.6. The van der Waals surface area contributed by atoms with Crippen molar-refractivity contribution in [2.75, 3.05) is 13.1 Å². The van der Waals surface area contributed by atoms with E-state index in [2.05, 4.69) is 5.32 Å². The number of amides is 2. The van der Waals surface area contributed by atoms with Crippen LogP contribution >= 0.6 is 0 Å². The van der Waals surface area contributed by atoms with Crippen molar-refractivity contribution in [1.82, 2.24) is 10.2 Å². The summed E-state index contributed by atoms with van der Waals surface area (Å²) >= 11 is 0. The first-order chi connectivity index (χ1) is 8.68. The van der Waals surface area contributed by atoms with Gasteiger partial charge < -0.3 is 10.2 Å². The van der Waals surface area contributed by atoms with Gasteiger partial charge in [-0.25, -0.2) is 9.18 Å². The number of urea groups is 1. The van der Waals surface area contributed by atoms with Crippen LogP contribution in [0, 0.1) is 5.82 Å². The van der Waals surface area contributed by atoms with Crippen LogP contribution in [0.25, 0.3) is 0 Å². The second-order valence-electron chi connectivity index (χ2n) is 4.74. The molecule has 0 saturated carbocycles. The van der Waals surface area contributed by atoms with E-state index in [0.29, 0.717) is 5.56 Å². The molecular formula is C14H19FN2O. The molecule has 3 nitrogen and oxygen atoms in total. The lowest BCUT2D eigenvalue weighted by Gasteiger charge is -2.28. The van der Waals surface area contributed by atoms with Gasteiger partial charge >= 0.3 is 6.03 Å². The predicted molar refractivity (Wildman–Crippen MR) is 68.8 cm³/mol. The third-order valence-electron chi connectivity index (χ3n) is 3.35.